The molecule has 0 radical (unpaired) electrons. The lowest BCUT2D eigenvalue weighted by molar-refractivity contribution is -0.255. The highest BCUT2D eigenvalue weighted by molar-refractivity contribution is 7.81. The molecule has 1 aromatic carbocycles. The van der Waals surface area contributed by atoms with Crippen molar-refractivity contribution < 1.29 is 22.9 Å². The highest BCUT2D eigenvalue weighted by Crippen LogP contribution is 2.18. The number of hydrogen-bond donors (Lipinski definition) is 1. The second-order valence-electron chi connectivity index (χ2n) is 2.58. The fourth-order valence-electron chi connectivity index (χ4n) is 0.818. The molecule has 0 saturated heterocycles. The van der Waals surface area contributed by atoms with Crippen LogP contribution in [0.15, 0.2) is 18.2 Å². The summed E-state index contributed by atoms with van der Waals surface area (Å²) in [6.45, 7) is 1.82. The van der Waals surface area contributed by atoms with Gasteiger partial charge in [-0.05, 0) is 19.1 Å². The third-order valence-electron chi connectivity index (χ3n) is 1.52. The highest BCUT2D eigenvalue weighted by atomic mass is 32.3. The smallest absolute Gasteiger partial charge is 0.262 e. The predicted octanol–water partition coefficient (Wildman–Crippen LogP) is -0.293. The van der Waals surface area contributed by atoms with Gasteiger partial charge in [0.25, 0.3) is 10.4 Å². The van der Waals surface area contributed by atoms with Gasteiger partial charge >= 0.3 is 0 Å². The molecule has 0 saturated carbocycles. The maximum atomic E-state index is 10.2. The average Bonchev–Trinajstić information content (AvgIpc) is 1.94. The second kappa shape index (κ2) is 3.33. The lowest BCUT2D eigenvalue weighted by Gasteiger charge is -2.08. The molecule has 5 nitrogen and oxygen atoms in total. The van der Waals surface area contributed by atoms with Crippen LogP contribution in [-0.4, -0.2) is 13.0 Å². The molecule has 6 heteroatoms. The molecule has 0 bridgehead atoms. The zero-order valence-corrected chi connectivity index (χ0v) is 7.80. The van der Waals surface area contributed by atoms with Crippen LogP contribution >= 0.6 is 0 Å². The van der Waals surface area contributed by atoms with Crippen molar-refractivity contribution in [2.75, 3.05) is 0 Å². The highest BCUT2D eigenvalue weighted by Gasteiger charge is 2.03. The molecule has 0 aromatic heterocycles. The number of aryl methyl sites for hydroxylation is 1. The average molecular weight is 203 g/mol. The maximum Gasteiger partial charge on any atom is 0.262 e. The predicted molar refractivity (Wildman–Crippen MR) is 44.1 cm³/mol. The fourth-order valence-corrected chi connectivity index (χ4v) is 1.16. The summed E-state index contributed by atoms with van der Waals surface area (Å²) in [6, 6.07) is 4.42. The van der Waals surface area contributed by atoms with Gasteiger partial charge in [-0.3, -0.25) is 0 Å². The standard InChI is InChI=1S/C7H9NO4S/c1-5-2-3-6(4-7(5)8)12-13(9,10)11/h2-4H,8H2,1H3,(H,9,10,11). The van der Waals surface area contributed by atoms with Gasteiger partial charge in [-0.15, -0.1) is 0 Å². The van der Waals surface area contributed by atoms with Gasteiger partial charge in [-0.2, -0.15) is 0 Å². The summed E-state index contributed by atoms with van der Waals surface area (Å²) in [6.07, 6.45) is 0. The van der Waals surface area contributed by atoms with Gasteiger partial charge in [0.1, 0.15) is 11.4 Å². The van der Waals surface area contributed by atoms with Crippen molar-refractivity contribution in [3.05, 3.63) is 23.8 Å². The molecule has 0 atom stereocenters. The van der Waals surface area contributed by atoms with Crippen LogP contribution in [0.2, 0.25) is 0 Å². The molecule has 1 rings (SSSR count). The fraction of sp³-hybridized carbons (Fsp3) is 0.143. The summed E-state index contributed by atoms with van der Waals surface area (Å²) in [5.74, 6) is -0.00870. The summed E-state index contributed by atoms with van der Waals surface area (Å²) in [5.41, 5.74) is 5.16. The Hall–Kier alpha value is -1.11. The van der Waals surface area contributed by atoms with Crippen LogP contribution in [-0.2, 0) is 10.4 Å². The first kappa shape index (κ1) is 9.97. The van der Waals surface area contributed by atoms with Crippen LogP contribution in [0.4, 0.5) is 5.69 Å². The molecule has 0 aliphatic carbocycles. The molecule has 0 fully saturated rings. The SMILES string of the molecule is Cc1ccc(OS(=O)(=O)[O-])cc1[NH3+]. The molecule has 0 amide bonds. The summed E-state index contributed by atoms with van der Waals surface area (Å²) in [7, 11) is -4.68. The van der Waals surface area contributed by atoms with Gasteiger partial charge in [0, 0.05) is 11.6 Å². The Morgan fingerprint density at radius 3 is 2.54 bits per heavy atom. The van der Waals surface area contributed by atoms with Crippen molar-refractivity contribution >= 4 is 16.1 Å². The first-order valence-electron chi connectivity index (χ1n) is 3.46. The third kappa shape index (κ3) is 3.02. The zero-order valence-electron chi connectivity index (χ0n) is 6.98. The van der Waals surface area contributed by atoms with Crippen molar-refractivity contribution in [2.45, 2.75) is 6.92 Å². The minimum atomic E-state index is -4.68. The van der Waals surface area contributed by atoms with E-state index in [1.807, 2.05) is 6.92 Å². The van der Waals surface area contributed by atoms with Crippen LogP contribution in [0.3, 0.4) is 0 Å². The van der Waals surface area contributed by atoms with E-state index >= 15 is 0 Å². The van der Waals surface area contributed by atoms with Gasteiger partial charge in [-0.25, -0.2) is 8.42 Å². The molecule has 72 valence electrons. The van der Waals surface area contributed by atoms with E-state index in [1.165, 1.54) is 12.1 Å². The van der Waals surface area contributed by atoms with Gasteiger partial charge in [0.05, 0.1) is 0 Å². The minimum absolute atomic E-state index is 0.00870. The van der Waals surface area contributed by atoms with E-state index in [4.69, 9.17) is 0 Å². The molecule has 0 aliphatic rings. The molecule has 0 heterocycles. The van der Waals surface area contributed by atoms with Crippen LogP contribution in [0.5, 0.6) is 5.75 Å². The Morgan fingerprint density at radius 1 is 1.46 bits per heavy atom. The Balaban J connectivity index is 2.99. The largest absolute Gasteiger partial charge is 0.716 e. The van der Waals surface area contributed by atoms with Crippen molar-refractivity contribution in [1.29, 1.82) is 0 Å². The quantitative estimate of drug-likeness (QED) is 0.527. The third-order valence-corrected chi connectivity index (χ3v) is 1.92. The summed E-state index contributed by atoms with van der Waals surface area (Å²) in [4.78, 5) is 0. The first-order chi connectivity index (χ1) is 5.88. The van der Waals surface area contributed by atoms with Crippen molar-refractivity contribution in [3.63, 3.8) is 0 Å². The van der Waals surface area contributed by atoms with Crippen LogP contribution < -0.4 is 9.92 Å². The van der Waals surface area contributed by atoms with Gasteiger partial charge in [-0.1, -0.05) is 0 Å². The second-order valence-corrected chi connectivity index (χ2v) is 3.56. The van der Waals surface area contributed by atoms with Gasteiger partial charge in [0.15, 0.2) is 0 Å². The molecular formula is C7H9NO4S. The monoisotopic (exact) mass is 203 g/mol. The van der Waals surface area contributed by atoms with Crippen molar-refractivity contribution in [2.24, 2.45) is 0 Å². The number of rotatable bonds is 2. The van der Waals surface area contributed by atoms with E-state index in [0.29, 0.717) is 5.69 Å². The lowest BCUT2D eigenvalue weighted by Crippen LogP contribution is -2.41. The van der Waals surface area contributed by atoms with E-state index in [9.17, 15) is 13.0 Å². The Labute approximate surface area is 76.1 Å². The van der Waals surface area contributed by atoms with Gasteiger partial charge in [0.2, 0.25) is 0 Å². The Bertz CT molecular complexity index is 413. The lowest BCUT2D eigenvalue weighted by atomic mass is 10.2. The van der Waals surface area contributed by atoms with Crippen LogP contribution in [0.1, 0.15) is 5.56 Å². The van der Waals surface area contributed by atoms with Gasteiger partial charge < -0.3 is 14.5 Å². The number of quaternary nitrogens is 1. The first-order valence-corrected chi connectivity index (χ1v) is 4.80. The van der Waals surface area contributed by atoms with E-state index in [1.54, 1.807) is 6.07 Å². The van der Waals surface area contributed by atoms with Crippen LogP contribution in [0.25, 0.3) is 0 Å². The summed E-state index contributed by atoms with van der Waals surface area (Å²) < 4.78 is 34.7. The normalized spacial score (nSPS) is 11.3. The molecule has 0 unspecified atom stereocenters. The zero-order chi connectivity index (χ0) is 10.1. The molecular weight excluding hydrogens is 194 g/mol. The molecule has 1 aromatic rings. The maximum absolute atomic E-state index is 10.2. The van der Waals surface area contributed by atoms with E-state index in [0.717, 1.165) is 5.56 Å². The molecule has 0 aliphatic heterocycles. The topological polar surface area (TPSA) is 94.1 Å². The number of benzene rings is 1. The van der Waals surface area contributed by atoms with Crippen LogP contribution in [0, 0.1) is 6.92 Å². The number of hydrogen-bond acceptors (Lipinski definition) is 4. The van der Waals surface area contributed by atoms with E-state index < -0.39 is 10.4 Å². The summed E-state index contributed by atoms with van der Waals surface area (Å²) in [5, 5.41) is 0. The molecule has 3 N–H and O–H groups in total. The summed E-state index contributed by atoms with van der Waals surface area (Å²) >= 11 is 0. The molecule has 0 spiro atoms. The van der Waals surface area contributed by atoms with E-state index in [2.05, 4.69) is 9.92 Å². The van der Waals surface area contributed by atoms with E-state index in [-0.39, 0.29) is 5.75 Å². The Kier molecular flexibility index (Phi) is 2.55. The Morgan fingerprint density at radius 2 is 2.08 bits per heavy atom. The van der Waals surface area contributed by atoms with Crippen molar-refractivity contribution in [3.8, 4) is 5.75 Å². The minimum Gasteiger partial charge on any atom is -0.716 e. The molecule has 13 heavy (non-hydrogen) atoms. The van der Waals surface area contributed by atoms with Crippen molar-refractivity contribution in [1.82, 2.24) is 0 Å².